The monoisotopic (exact) mass is 272 g/mol. The quantitative estimate of drug-likeness (QED) is 0.583. The fourth-order valence-corrected chi connectivity index (χ4v) is 8.64. The van der Waals surface area contributed by atoms with E-state index < -0.39 is 8.07 Å². The van der Waals surface area contributed by atoms with Gasteiger partial charge < -0.3 is 0 Å². The van der Waals surface area contributed by atoms with Crippen LogP contribution in [0.1, 0.15) is 0 Å². The summed E-state index contributed by atoms with van der Waals surface area (Å²) in [5, 5.41) is 3.03. The van der Waals surface area contributed by atoms with E-state index in [0.717, 1.165) is 0 Å². The average molecular weight is 272 g/mol. The smallest absolute Gasteiger partial charge is 0.0492 e. The lowest BCUT2D eigenvalue weighted by Crippen LogP contribution is -2.30. The van der Waals surface area contributed by atoms with Crippen molar-refractivity contribution in [1.82, 2.24) is 0 Å². The van der Waals surface area contributed by atoms with Gasteiger partial charge in [-0.3, -0.25) is 0 Å². The van der Waals surface area contributed by atoms with Crippen LogP contribution in [0.15, 0.2) is 60.7 Å². The summed E-state index contributed by atoms with van der Waals surface area (Å²) in [5.74, 6) is 1.37. The molecule has 0 nitrogen and oxygen atoms in total. The summed E-state index contributed by atoms with van der Waals surface area (Å²) in [4.78, 5) is 0. The Balaban J connectivity index is 2.36. The van der Waals surface area contributed by atoms with Crippen LogP contribution in [0.2, 0.25) is 19.6 Å². The van der Waals surface area contributed by atoms with Gasteiger partial charge in [0.1, 0.15) is 0 Å². The third kappa shape index (κ3) is 3.80. The molecule has 0 saturated heterocycles. The zero-order valence-corrected chi connectivity index (χ0v) is 13.3. The fourth-order valence-electron chi connectivity index (χ4n) is 2.02. The molecule has 0 aliphatic rings. The van der Waals surface area contributed by atoms with Crippen molar-refractivity contribution in [3.05, 3.63) is 60.7 Å². The molecule has 2 aromatic carbocycles. The molecule has 0 amide bonds. The van der Waals surface area contributed by atoms with Crippen LogP contribution in [0, 0.1) is 0 Å². The summed E-state index contributed by atoms with van der Waals surface area (Å²) < 4.78 is 0. The molecule has 0 aliphatic heterocycles. The summed E-state index contributed by atoms with van der Waals surface area (Å²) >= 11 is 0. The van der Waals surface area contributed by atoms with E-state index in [4.69, 9.17) is 0 Å². The van der Waals surface area contributed by atoms with Gasteiger partial charge in [0.15, 0.2) is 0 Å². The molecular weight excluding hydrogens is 251 g/mol. The third-order valence-electron chi connectivity index (χ3n) is 2.77. The van der Waals surface area contributed by atoms with Gasteiger partial charge in [-0.2, -0.15) is 0 Å². The molecule has 0 heterocycles. The van der Waals surface area contributed by atoms with E-state index in [0.29, 0.717) is 0 Å². The van der Waals surface area contributed by atoms with Crippen LogP contribution in [0.4, 0.5) is 0 Å². The lowest BCUT2D eigenvalue weighted by atomic mass is 10.4. The van der Waals surface area contributed by atoms with Gasteiger partial charge >= 0.3 is 0 Å². The van der Waals surface area contributed by atoms with Crippen LogP contribution >= 0.6 is 7.92 Å². The van der Waals surface area contributed by atoms with Crippen LogP contribution in [0.3, 0.4) is 0 Å². The minimum absolute atomic E-state index is 0.177. The zero-order chi connectivity index (χ0) is 13.0. The van der Waals surface area contributed by atoms with Crippen molar-refractivity contribution < 1.29 is 0 Å². The number of hydrogen-bond donors (Lipinski definition) is 0. The van der Waals surface area contributed by atoms with E-state index in [1.807, 2.05) is 0 Å². The summed E-state index contributed by atoms with van der Waals surface area (Å²) in [6.45, 7) is 7.40. The van der Waals surface area contributed by atoms with E-state index in [1.54, 1.807) is 0 Å². The van der Waals surface area contributed by atoms with E-state index in [9.17, 15) is 0 Å². The molecule has 2 rings (SSSR count). The normalized spacial score (nSPS) is 11.8. The Morgan fingerprint density at radius 2 is 1.11 bits per heavy atom. The Morgan fingerprint density at radius 3 is 1.44 bits per heavy atom. The van der Waals surface area contributed by atoms with Gasteiger partial charge in [0, 0.05) is 8.07 Å². The highest BCUT2D eigenvalue weighted by atomic mass is 31.1. The topological polar surface area (TPSA) is 0 Å². The van der Waals surface area contributed by atoms with Crippen molar-refractivity contribution in [2.24, 2.45) is 0 Å². The van der Waals surface area contributed by atoms with Crippen LogP contribution in [-0.2, 0) is 0 Å². The summed E-state index contributed by atoms with van der Waals surface area (Å²) in [6, 6.07) is 22.0. The third-order valence-corrected chi connectivity index (χ3v) is 9.67. The SMILES string of the molecule is C[Si](C)(C)CP(c1ccccc1)c1ccccc1. The van der Waals surface area contributed by atoms with Crippen molar-refractivity contribution in [3.8, 4) is 0 Å². The second-order valence-electron chi connectivity index (χ2n) is 5.82. The Morgan fingerprint density at radius 1 is 0.722 bits per heavy atom. The first-order valence-corrected chi connectivity index (χ1v) is 11.7. The molecule has 0 radical (unpaired) electrons. The molecule has 0 spiro atoms. The highest BCUT2D eigenvalue weighted by Gasteiger charge is 2.22. The van der Waals surface area contributed by atoms with Gasteiger partial charge in [-0.05, 0) is 24.3 Å². The molecule has 2 heteroatoms. The van der Waals surface area contributed by atoms with Gasteiger partial charge in [0.25, 0.3) is 0 Å². The fraction of sp³-hybridized carbons (Fsp3) is 0.250. The van der Waals surface area contributed by atoms with Gasteiger partial charge in [0.2, 0.25) is 0 Å². The molecule has 0 unspecified atom stereocenters. The molecule has 18 heavy (non-hydrogen) atoms. The first kappa shape index (κ1) is 13.5. The lowest BCUT2D eigenvalue weighted by molar-refractivity contribution is 1.65. The van der Waals surface area contributed by atoms with Crippen molar-refractivity contribution in [3.63, 3.8) is 0 Å². The molecule has 0 atom stereocenters. The largest absolute Gasteiger partial charge is 0.0693 e. The van der Waals surface area contributed by atoms with Crippen LogP contribution in [0.25, 0.3) is 0 Å². The van der Waals surface area contributed by atoms with Crippen molar-refractivity contribution in [2.45, 2.75) is 19.6 Å². The summed E-state index contributed by atoms with van der Waals surface area (Å²) in [6.07, 6.45) is 0. The maximum Gasteiger partial charge on any atom is 0.0492 e. The second-order valence-corrected chi connectivity index (χ2v) is 14.1. The van der Waals surface area contributed by atoms with Crippen LogP contribution < -0.4 is 10.6 Å². The molecule has 0 fully saturated rings. The molecule has 0 bridgehead atoms. The van der Waals surface area contributed by atoms with Crippen molar-refractivity contribution in [1.29, 1.82) is 0 Å². The van der Waals surface area contributed by atoms with Crippen molar-refractivity contribution >= 4 is 26.6 Å². The highest BCUT2D eigenvalue weighted by molar-refractivity contribution is 7.75. The molecular formula is C16H21PSi. The number of benzene rings is 2. The number of hydrogen-bond acceptors (Lipinski definition) is 0. The summed E-state index contributed by atoms with van der Waals surface area (Å²) in [5.41, 5.74) is 0. The molecule has 0 aromatic heterocycles. The van der Waals surface area contributed by atoms with Gasteiger partial charge in [0.05, 0.1) is 0 Å². The average Bonchev–Trinajstić information content (AvgIpc) is 2.37. The summed E-state index contributed by atoms with van der Waals surface area (Å²) in [7, 11) is -1.23. The van der Waals surface area contributed by atoms with Gasteiger partial charge in [-0.1, -0.05) is 80.3 Å². The minimum atomic E-state index is -1.06. The van der Waals surface area contributed by atoms with E-state index in [1.165, 1.54) is 16.4 Å². The molecule has 0 aliphatic carbocycles. The zero-order valence-electron chi connectivity index (χ0n) is 11.4. The van der Waals surface area contributed by atoms with E-state index in [2.05, 4.69) is 80.3 Å². The minimum Gasteiger partial charge on any atom is -0.0693 e. The van der Waals surface area contributed by atoms with E-state index >= 15 is 0 Å². The number of rotatable bonds is 4. The first-order chi connectivity index (χ1) is 8.56. The van der Waals surface area contributed by atoms with Gasteiger partial charge in [-0.25, -0.2) is 0 Å². The first-order valence-electron chi connectivity index (χ1n) is 6.44. The molecule has 2 aromatic rings. The van der Waals surface area contributed by atoms with E-state index in [-0.39, 0.29) is 7.92 Å². The Bertz CT molecular complexity index is 434. The highest BCUT2D eigenvalue weighted by Crippen LogP contribution is 2.36. The molecule has 94 valence electrons. The standard InChI is InChI=1S/C16H21PSi/c1-18(2,3)14-17(15-10-6-4-7-11-15)16-12-8-5-9-13-16/h4-13H,14H2,1-3H3. The van der Waals surface area contributed by atoms with Crippen molar-refractivity contribution in [2.75, 3.05) is 5.79 Å². The maximum absolute atomic E-state index is 2.47. The Labute approximate surface area is 113 Å². The van der Waals surface area contributed by atoms with Crippen LogP contribution in [-0.4, -0.2) is 13.9 Å². The predicted octanol–water partition coefficient (Wildman–Crippen LogP) is 4.00. The lowest BCUT2D eigenvalue weighted by Gasteiger charge is -2.25. The molecule has 0 N–H and O–H groups in total. The molecule has 0 saturated carbocycles. The predicted molar refractivity (Wildman–Crippen MR) is 87.3 cm³/mol. The van der Waals surface area contributed by atoms with Gasteiger partial charge in [-0.15, -0.1) is 0 Å². The Hall–Kier alpha value is -0.913. The second kappa shape index (κ2) is 5.82. The maximum atomic E-state index is 2.47. The Kier molecular flexibility index (Phi) is 4.37. The van der Waals surface area contributed by atoms with Crippen LogP contribution in [0.5, 0.6) is 0 Å².